The lowest BCUT2D eigenvalue weighted by atomic mass is 10.1. The van der Waals surface area contributed by atoms with Gasteiger partial charge in [0.05, 0.1) is 16.8 Å². The minimum atomic E-state index is -0.211. The Morgan fingerprint density at radius 1 is 1.09 bits per heavy atom. The number of fused-ring (bicyclic) bond motifs is 1. The lowest BCUT2D eigenvalue weighted by Gasteiger charge is -2.12. The van der Waals surface area contributed by atoms with E-state index >= 15 is 0 Å². The van der Waals surface area contributed by atoms with Crippen LogP contribution in [0.1, 0.15) is 21.6 Å². The molecule has 4 heteroatoms. The third kappa shape index (κ3) is 2.51. The number of hydrogen-bond donors (Lipinski definition) is 2. The number of aromatic nitrogens is 1. The van der Waals surface area contributed by atoms with Crippen LogP contribution in [0.5, 0.6) is 0 Å². The molecule has 3 rings (SSSR count). The number of para-hydroxylation sites is 2. The molecule has 0 aliphatic rings. The van der Waals surface area contributed by atoms with Gasteiger partial charge in [0.25, 0.3) is 5.91 Å². The largest absolute Gasteiger partial charge is 0.398 e. The van der Waals surface area contributed by atoms with Crippen LogP contribution < -0.4 is 11.1 Å². The summed E-state index contributed by atoms with van der Waals surface area (Å²) in [5.41, 5.74) is 10.3. The number of rotatable bonds is 2. The summed E-state index contributed by atoms with van der Waals surface area (Å²) in [6.07, 6.45) is 0. The number of nitrogens with two attached hydrogens (primary N) is 1. The van der Waals surface area contributed by atoms with Crippen molar-refractivity contribution in [1.29, 1.82) is 0 Å². The van der Waals surface area contributed by atoms with Gasteiger partial charge in [-0.1, -0.05) is 30.3 Å². The summed E-state index contributed by atoms with van der Waals surface area (Å²) in [5, 5.41) is 3.86. The first-order valence-corrected chi connectivity index (χ1v) is 7.09. The third-order valence-electron chi connectivity index (χ3n) is 3.66. The van der Waals surface area contributed by atoms with Crippen molar-refractivity contribution >= 4 is 28.2 Å². The first kappa shape index (κ1) is 14.1. The molecule has 0 saturated heterocycles. The van der Waals surface area contributed by atoms with E-state index in [-0.39, 0.29) is 5.91 Å². The SMILES string of the molecule is Cc1cc(NC(=O)c2cccc(C)c2N)c2ccccc2n1. The van der Waals surface area contributed by atoms with Crippen LogP contribution in [0.15, 0.2) is 48.5 Å². The zero-order valence-electron chi connectivity index (χ0n) is 12.6. The first-order chi connectivity index (χ1) is 10.6. The van der Waals surface area contributed by atoms with Crippen molar-refractivity contribution in [3.05, 3.63) is 65.4 Å². The first-order valence-electron chi connectivity index (χ1n) is 7.09. The zero-order valence-corrected chi connectivity index (χ0v) is 12.6. The van der Waals surface area contributed by atoms with E-state index in [2.05, 4.69) is 10.3 Å². The number of benzene rings is 2. The number of nitrogens with one attached hydrogen (secondary N) is 1. The maximum absolute atomic E-state index is 12.5. The number of carbonyl (C=O) groups is 1. The highest BCUT2D eigenvalue weighted by Gasteiger charge is 2.13. The van der Waals surface area contributed by atoms with Crippen molar-refractivity contribution in [2.45, 2.75) is 13.8 Å². The number of aryl methyl sites for hydroxylation is 2. The van der Waals surface area contributed by atoms with Crippen LogP contribution in [-0.4, -0.2) is 10.9 Å². The lowest BCUT2D eigenvalue weighted by Crippen LogP contribution is -2.15. The van der Waals surface area contributed by atoms with E-state index in [1.807, 2.05) is 56.3 Å². The van der Waals surface area contributed by atoms with E-state index in [0.717, 1.165) is 27.8 Å². The number of hydrogen-bond acceptors (Lipinski definition) is 3. The Labute approximate surface area is 129 Å². The molecule has 0 atom stereocenters. The molecule has 0 spiro atoms. The van der Waals surface area contributed by atoms with Crippen LogP contribution in [0.3, 0.4) is 0 Å². The predicted molar refractivity (Wildman–Crippen MR) is 90.0 cm³/mol. The number of pyridine rings is 1. The van der Waals surface area contributed by atoms with Crippen LogP contribution >= 0.6 is 0 Å². The highest BCUT2D eigenvalue weighted by atomic mass is 16.1. The molecule has 22 heavy (non-hydrogen) atoms. The second kappa shape index (κ2) is 5.48. The second-order valence-corrected chi connectivity index (χ2v) is 5.32. The highest BCUT2D eigenvalue weighted by molar-refractivity contribution is 6.11. The van der Waals surface area contributed by atoms with Gasteiger partial charge in [-0.05, 0) is 37.6 Å². The van der Waals surface area contributed by atoms with Crippen LogP contribution in [0.2, 0.25) is 0 Å². The quantitative estimate of drug-likeness (QED) is 0.708. The van der Waals surface area contributed by atoms with Crippen molar-refractivity contribution < 1.29 is 4.79 Å². The summed E-state index contributed by atoms with van der Waals surface area (Å²) in [7, 11) is 0. The van der Waals surface area contributed by atoms with Crippen LogP contribution in [0.25, 0.3) is 10.9 Å². The molecule has 0 unspecified atom stereocenters. The number of anilines is 2. The number of carbonyl (C=O) groups excluding carboxylic acids is 1. The summed E-state index contributed by atoms with van der Waals surface area (Å²) in [6, 6.07) is 15.0. The monoisotopic (exact) mass is 291 g/mol. The minimum absolute atomic E-state index is 0.211. The molecule has 2 aromatic carbocycles. The van der Waals surface area contributed by atoms with E-state index in [1.165, 1.54) is 0 Å². The molecular formula is C18H17N3O. The topological polar surface area (TPSA) is 68.0 Å². The van der Waals surface area contributed by atoms with Gasteiger partial charge in [-0.15, -0.1) is 0 Å². The Bertz CT molecular complexity index is 871. The summed E-state index contributed by atoms with van der Waals surface area (Å²) >= 11 is 0. The van der Waals surface area contributed by atoms with E-state index in [1.54, 1.807) is 6.07 Å². The van der Waals surface area contributed by atoms with Crippen LogP contribution in [0, 0.1) is 13.8 Å². The van der Waals surface area contributed by atoms with E-state index in [4.69, 9.17) is 5.73 Å². The molecule has 3 N–H and O–H groups in total. The lowest BCUT2D eigenvalue weighted by molar-refractivity contribution is 0.102. The smallest absolute Gasteiger partial charge is 0.257 e. The summed E-state index contributed by atoms with van der Waals surface area (Å²) in [6.45, 7) is 3.79. The Kier molecular flexibility index (Phi) is 3.51. The fourth-order valence-corrected chi connectivity index (χ4v) is 2.48. The van der Waals surface area contributed by atoms with Gasteiger partial charge in [0.1, 0.15) is 0 Å². The molecule has 0 saturated carbocycles. The maximum Gasteiger partial charge on any atom is 0.257 e. The average Bonchev–Trinajstić information content (AvgIpc) is 2.49. The summed E-state index contributed by atoms with van der Waals surface area (Å²) in [4.78, 5) is 17.0. The van der Waals surface area contributed by atoms with Gasteiger partial charge in [-0.3, -0.25) is 9.78 Å². The van der Waals surface area contributed by atoms with Gasteiger partial charge >= 0.3 is 0 Å². The van der Waals surface area contributed by atoms with E-state index in [9.17, 15) is 4.79 Å². The van der Waals surface area contributed by atoms with Crippen molar-refractivity contribution in [3.8, 4) is 0 Å². The third-order valence-corrected chi connectivity index (χ3v) is 3.66. The molecule has 1 heterocycles. The Morgan fingerprint density at radius 2 is 1.86 bits per heavy atom. The number of amides is 1. The van der Waals surface area contributed by atoms with Crippen molar-refractivity contribution in [2.75, 3.05) is 11.1 Å². The molecule has 110 valence electrons. The molecule has 0 radical (unpaired) electrons. The minimum Gasteiger partial charge on any atom is -0.398 e. The summed E-state index contributed by atoms with van der Waals surface area (Å²) < 4.78 is 0. The maximum atomic E-state index is 12.5. The Balaban J connectivity index is 2.03. The molecule has 4 nitrogen and oxygen atoms in total. The highest BCUT2D eigenvalue weighted by Crippen LogP contribution is 2.24. The molecule has 0 bridgehead atoms. The van der Waals surface area contributed by atoms with E-state index < -0.39 is 0 Å². The van der Waals surface area contributed by atoms with E-state index in [0.29, 0.717) is 11.3 Å². The van der Waals surface area contributed by atoms with Gasteiger partial charge in [0.2, 0.25) is 0 Å². The molecular weight excluding hydrogens is 274 g/mol. The Morgan fingerprint density at radius 3 is 2.68 bits per heavy atom. The molecule has 3 aromatic rings. The molecule has 0 aliphatic carbocycles. The molecule has 0 fully saturated rings. The van der Waals surface area contributed by atoms with Gasteiger partial charge in [0, 0.05) is 16.8 Å². The van der Waals surface area contributed by atoms with Gasteiger partial charge < -0.3 is 11.1 Å². The normalized spacial score (nSPS) is 10.6. The molecule has 1 aromatic heterocycles. The zero-order chi connectivity index (χ0) is 15.7. The predicted octanol–water partition coefficient (Wildman–Crippen LogP) is 3.69. The van der Waals surface area contributed by atoms with Gasteiger partial charge in [-0.25, -0.2) is 0 Å². The average molecular weight is 291 g/mol. The van der Waals surface area contributed by atoms with Crippen molar-refractivity contribution in [3.63, 3.8) is 0 Å². The number of nitrogen functional groups attached to an aromatic ring is 1. The Hall–Kier alpha value is -2.88. The fourth-order valence-electron chi connectivity index (χ4n) is 2.48. The van der Waals surface area contributed by atoms with Crippen LogP contribution in [0.4, 0.5) is 11.4 Å². The summed E-state index contributed by atoms with van der Waals surface area (Å²) in [5.74, 6) is -0.211. The molecule has 0 aliphatic heterocycles. The number of nitrogens with zero attached hydrogens (tertiary/aromatic N) is 1. The van der Waals surface area contributed by atoms with Gasteiger partial charge in [-0.2, -0.15) is 0 Å². The second-order valence-electron chi connectivity index (χ2n) is 5.32. The van der Waals surface area contributed by atoms with Crippen LogP contribution in [-0.2, 0) is 0 Å². The van der Waals surface area contributed by atoms with Crippen molar-refractivity contribution in [2.24, 2.45) is 0 Å². The fraction of sp³-hybridized carbons (Fsp3) is 0.111. The van der Waals surface area contributed by atoms with Crippen molar-refractivity contribution in [1.82, 2.24) is 4.98 Å². The molecule has 1 amide bonds. The standard InChI is InChI=1S/C18H17N3O/c1-11-6-5-8-14(17(11)19)18(22)21-16-10-12(2)20-15-9-4-3-7-13(15)16/h3-10H,19H2,1-2H3,(H,20,21,22). The van der Waals surface area contributed by atoms with Gasteiger partial charge in [0.15, 0.2) is 0 Å².